The third-order valence-electron chi connectivity index (χ3n) is 2.30. The fraction of sp³-hybridized carbons (Fsp3) is 0.333. The van der Waals surface area contributed by atoms with Crippen molar-refractivity contribution in [1.82, 2.24) is 0 Å². The zero-order chi connectivity index (χ0) is 12.5. The van der Waals surface area contributed by atoms with Gasteiger partial charge < -0.3 is 5.73 Å². The largest absolute Gasteiger partial charge is 0.324 e. The molecule has 7 heteroatoms. The number of nitrogens with zero attached hydrogens (tertiary/aromatic N) is 2. The van der Waals surface area contributed by atoms with E-state index in [1.54, 1.807) is 6.92 Å². The van der Waals surface area contributed by atoms with Crippen molar-refractivity contribution < 1.29 is 9.85 Å². The molecule has 0 amide bonds. The second kappa shape index (κ2) is 4.23. The predicted molar refractivity (Wildman–Crippen MR) is 57.1 cm³/mol. The van der Waals surface area contributed by atoms with E-state index in [9.17, 15) is 20.2 Å². The van der Waals surface area contributed by atoms with Gasteiger partial charge in [-0.2, -0.15) is 0 Å². The lowest BCUT2D eigenvalue weighted by atomic mass is 10.0. The summed E-state index contributed by atoms with van der Waals surface area (Å²) in [6, 6.07) is 1.73. The zero-order valence-electron chi connectivity index (χ0n) is 8.84. The summed E-state index contributed by atoms with van der Waals surface area (Å²) in [6.07, 6.45) is 0. The molecule has 1 aromatic rings. The van der Waals surface area contributed by atoms with E-state index in [-0.39, 0.29) is 11.4 Å². The Morgan fingerprint density at radius 3 is 2.19 bits per heavy atom. The summed E-state index contributed by atoms with van der Waals surface area (Å²) in [5.41, 5.74) is 5.80. The first-order chi connectivity index (χ1) is 7.34. The van der Waals surface area contributed by atoms with Crippen molar-refractivity contribution in [2.75, 3.05) is 0 Å². The van der Waals surface area contributed by atoms with Crippen LogP contribution < -0.4 is 5.73 Å². The van der Waals surface area contributed by atoms with Gasteiger partial charge in [-0.15, -0.1) is 0 Å². The number of benzene rings is 1. The van der Waals surface area contributed by atoms with Crippen molar-refractivity contribution >= 4 is 11.4 Å². The van der Waals surface area contributed by atoms with Crippen molar-refractivity contribution in [3.05, 3.63) is 43.5 Å². The van der Waals surface area contributed by atoms with Gasteiger partial charge in [-0.1, -0.05) is 0 Å². The van der Waals surface area contributed by atoms with Crippen molar-refractivity contribution in [3.63, 3.8) is 0 Å². The Morgan fingerprint density at radius 1 is 1.25 bits per heavy atom. The third kappa shape index (κ3) is 2.14. The number of hydrogen-bond donors (Lipinski definition) is 1. The van der Waals surface area contributed by atoms with Gasteiger partial charge in [0.1, 0.15) is 0 Å². The second-order valence-corrected chi connectivity index (χ2v) is 3.48. The van der Waals surface area contributed by atoms with Gasteiger partial charge in [0.15, 0.2) is 0 Å². The fourth-order valence-electron chi connectivity index (χ4n) is 1.47. The third-order valence-corrected chi connectivity index (χ3v) is 2.30. The minimum atomic E-state index is -0.668. The molecule has 0 bridgehead atoms. The Kier molecular flexibility index (Phi) is 3.19. The lowest BCUT2D eigenvalue weighted by Gasteiger charge is -2.09. The predicted octanol–water partition coefficient (Wildman–Crippen LogP) is 1.83. The number of hydrogen-bond acceptors (Lipinski definition) is 5. The van der Waals surface area contributed by atoms with Crippen LogP contribution in [0.5, 0.6) is 0 Å². The van der Waals surface area contributed by atoms with Crippen LogP contribution in [0.1, 0.15) is 24.1 Å². The minimum absolute atomic E-state index is 0.276. The van der Waals surface area contributed by atoms with E-state index in [0.29, 0.717) is 11.1 Å². The molecule has 0 aliphatic carbocycles. The molecule has 0 aromatic heterocycles. The zero-order valence-corrected chi connectivity index (χ0v) is 8.84. The topological polar surface area (TPSA) is 112 Å². The molecule has 0 spiro atoms. The van der Waals surface area contributed by atoms with Gasteiger partial charge in [-0.3, -0.25) is 20.2 Å². The Balaban J connectivity index is 3.51. The maximum Gasteiger partial charge on any atom is 0.279 e. The van der Waals surface area contributed by atoms with Gasteiger partial charge >= 0.3 is 0 Å². The number of non-ortho nitro benzene ring substituents is 1. The van der Waals surface area contributed by atoms with E-state index >= 15 is 0 Å². The molecule has 0 radical (unpaired) electrons. The molecular formula is C9H11N3O4. The molecular weight excluding hydrogens is 214 g/mol. The summed E-state index contributed by atoms with van der Waals surface area (Å²) in [7, 11) is 0. The van der Waals surface area contributed by atoms with Crippen LogP contribution in [0.4, 0.5) is 11.4 Å². The Hall–Kier alpha value is -2.02. The van der Waals surface area contributed by atoms with Crippen LogP contribution in [0.25, 0.3) is 0 Å². The summed E-state index contributed by atoms with van der Waals surface area (Å²) in [5.74, 6) is 0. The summed E-state index contributed by atoms with van der Waals surface area (Å²) in [4.78, 5) is 20.0. The number of nitro groups is 2. The van der Waals surface area contributed by atoms with Crippen LogP contribution in [0.15, 0.2) is 12.1 Å². The van der Waals surface area contributed by atoms with E-state index in [0.717, 1.165) is 6.07 Å². The van der Waals surface area contributed by atoms with Crippen LogP contribution in [-0.2, 0) is 0 Å². The number of nitrogens with two attached hydrogens (primary N) is 1. The normalized spacial score (nSPS) is 12.2. The first kappa shape index (κ1) is 12.1. The molecule has 2 N–H and O–H groups in total. The molecule has 16 heavy (non-hydrogen) atoms. The van der Waals surface area contributed by atoms with Crippen molar-refractivity contribution in [2.24, 2.45) is 5.73 Å². The van der Waals surface area contributed by atoms with E-state index in [1.165, 1.54) is 13.0 Å². The standard InChI is InChI=1S/C9H11N3O4/c1-5-8(6(2)10)3-7(11(13)14)4-9(5)12(15)16/h3-4,6H,10H2,1-2H3/t6-/m0/s1. The van der Waals surface area contributed by atoms with Gasteiger partial charge in [-0.25, -0.2) is 0 Å². The Bertz CT molecular complexity index is 456. The van der Waals surface area contributed by atoms with E-state index in [2.05, 4.69) is 0 Å². The highest BCUT2D eigenvalue weighted by Crippen LogP contribution is 2.30. The molecule has 1 rings (SSSR count). The van der Waals surface area contributed by atoms with Crippen molar-refractivity contribution in [3.8, 4) is 0 Å². The fourth-order valence-corrected chi connectivity index (χ4v) is 1.47. The maximum absolute atomic E-state index is 10.7. The summed E-state index contributed by atoms with van der Waals surface area (Å²) < 4.78 is 0. The molecule has 86 valence electrons. The summed E-state index contributed by atoms with van der Waals surface area (Å²) >= 11 is 0. The van der Waals surface area contributed by atoms with Gasteiger partial charge in [0.05, 0.1) is 15.9 Å². The molecule has 0 heterocycles. The molecule has 0 aliphatic rings. The van der Waals surface area contributed by atoms with Crippen molar-refractivity contribution in [1.29, 1.82) is 0 Å². The summed E-state index contributed by atoms with van der Waals surface area (Å²) in [5, 5.41) is 21.3. The molecule has 0 aliphatic heterocycles. The van der Waals surface area contributed by atoms with E-state index in [4.69, 9.17) is 5.73 Å². The van der Waals surface area contributed by atoms with Gasteiger partial charge in [0.25, 0.3) is 11.4 Å². The molecule has 0 fully saturated rings. The highest BCUT2D eigenvalue weighted by Gasteiger charge is 2.22. The first-order valence-corrected chi connectivity index (χ1v) is 4.53. The molecule has 0 saturated carbocycles. The monoisotopic (exact) mass is 225 g/mol. The van der Waals surface area contributed by atoms with Crippen LogP contribution >= 0.6 is 0 Å². The Labute approximate surface area is 91.2 Å². The highest BCUT2D eigenvalue weighted by atomic mass is 16.6. The van der Waals surface area contributed by atoms with Gasteiger partial charge in [0, 0.05) is 17.7 Å². The minimum Gasteiger partial charge on any atom is -0.324 e. The van der Waals surface area contributed by atoms with Crippen LogP contribution in [0.2, 0.25) is 0 Å². The van der Waals surface area contributed by atoms with Gasteiger partial charge in [0.2, 0.25) is 0 Å². The summed E-state index contributed by atoms with van der Waals surface area (Å²) in [6.45, 7) is 3.15. The molecule has 0 unspecified atom stereocenters. The number of nitro benzene ring substituents is 2. The average Bonchev–Trinajstić information content (AvgIpc) is 2.16. The lowest BCUT2D eigenvalue weighted by Crippen LogP contribution is -2.09. The van der Waals surface area contributed by atoms with E-state index in [1.807, 2.05) is 0 Å². The van der Waals surface area contributed by atoms with Gasteiger partial charge in [-0.05, 0) is 19.4 Å². The molecule has 1 atom stereocenters. The molecule has 0 saturated heterocycles. The SMILES string of the molecule is Cc1c([C@H](C)N)cc([N+](=O)[O-])cc1[N+](=O)[O-]. The van der Waals surface area contributed by atoms with Crippen LogP contribution in [0, 0.1) is 27.2 Å². The lowest BCUT2D eigenvalue weighted by molar-refractivity contribution is -0.394. The molecule has 7 nitrogen and oxygen atoms in total. The second-order valence-electron chi connectivity index (χ2n) is 3.48. The Morgan fingerprint density at radius 2 is 1.81 bits per heavy atom. The first-order valence-electron chi connectivity index (χ1n) is 4.53. The highest BCUT2D eigenvalue weighted by molar-refractivity contribution is 5.54. The van der Waals surface area contributed by atoms with Crippen LogP contribution in [0.3, 0.4) is 0 Å². The smallest absolute Gasteiger partial charge is 0.279 e. The maximum atomic E-state index is 10.7. The van der Waals surface area contributed by atoms with Crippen LogP contribution in [-0.4, -0.2) is 9.85 Å². The quantitative estimate of drug-likeness (QED) is 0.622. The average molecular weight is 225 g/mol. The van der Waals surface area contributed by atoms with E-state index < -0.39 is 15.9 Å². The van der Waals surface area contributed by atoms with Crippen molar-refractivity contribution in [2.45, 2.75) is 19.9 Å². The number of rotatable bonds is 3. The molecule has 1 aromatic carbocycles.